The van der Waals surface area contributed by atoms with Crippen LogP contribution in [-0.4, -0.2) is 47.0 Å². The summed E-state index contributed by atoms with van der Waals surface area (Å²) in [6, 6.07) is 11.6. The fourth-order valence-corrected chi connectivity index (χ4v) is 4.30. The quantitative estimate of drug-likeness (QED) is 0.782. The molecule has 2 amide bonds. The Morgan fingerprint density at radius 2 is 1.85 bits per heavy atom. The van der Waals surface area contributed by atoms with E-state index in [0.717, 1.165) is 5.56 Å². The molecule has 4 nitrogen and oxygen atoms in total. The summed E-state index contributed by atoms with van der Waals surface area (Å²) in [4.78, 5) is 28.2. The molecule has 0 bridgehead atoms. The van der Waals surface area contributed by atoms with E-state index in [-0.39, 0.29) is 33.8 Å². The van der Waals surface area contributed by atoms with E-state index in [1.807, 2.05) is 6.92 Å². The van der Waals surface area contributed by atoms with Crippen LogP contribution in [0.25, 0.3) is 0 Å². The van der Waals surface area contributed by atoms with Gasteiger partial charge in [-0.15, -0.1) is 11.8 Å². The molecule has 1 aliphatic rings. The van der Waals surface area contributed by atoms with Crippen LogP contribution in [0.2, 0.25) is 0 Å². The van der Waals surface area contributed by atoms with E-state index in [0.29, 0.717) is 13.1 Å². The smallest absolute Gasteiger partial charge is 0.253 e. The Balaban J connectivity index is 1.69. The summed E-state index contributed by atoms with van der Waals surface area (Å²) in [6.45, 7) is 2.49. The molecule has 0 aromatic heterocycles. The summed E-state index contributed by atoms with van der Waals surface area (Å²) in [5, 5.41) is -0.421. The third-order valence-corrected chi connectivity index (χ3v) is 5.89. The highest BCUT2D eigenvalue weighted by Crippen LogP contribution is 2.42. The maximum absolute atomic E-state index is 13.3. The highest BCUT2D eigenvalue weighted by atomic mass is 32.2. The molecule has 0 spiro atoms. The predicted octanol–water partition coefficient (Wildman–Crippen LogP) is 3.70. The Morgan fingerprint density at radius 3 is 2.52 bits per heavy atom. The highest BCUT2D eigenvalue weighted by molar-refractivity contribution is 8.01. The van der Waals surface area contributed by atoms with E-state index in [1.165, 1.54) is 47.0 Å². The standard InChI is InChI=1S/C20H20F2N2O2S/c1-13-18(25)24(20(27-13)14-6-8-16(21)9-7-14)11-10-23(2)19(26)15-4-3-5-17(22)12-15/h3-9,12-13,20H,10-11H2,1-2H3/t13-,20-/m0/s1. The van der Waals surface area contributed by atoms with Crippen molar-refractivity contribution in [3.05, 3.63) is 71.3 Å². The molecule has 27 heavy (non-hydrogen) atoms. The summed E-state index contributed by atoms with van der Waals surface area (Å²) < 4.78 is 26.5. The van der Waals surface area contributed by atoms with Crippen LogP contribution in [0.15, 0.2) is 48.5 Å². The van der Waals surface area contributed by atoms with Crippen LogP contribution in [-0.2, 0) is 4.79 Å². The number of nitrogens with zero attached hydrogens (tertiary/aromatic N) is 2. The van der Waals surface area contributed by atoms with Gasteiger partial charge in [0.05, 0.1) is 5.25 Å². The molecule has 2 aromatic rings. The van der Waals surface area contributed by atoms with Gasteiger partial charge < -0.3 is 9.80 Å². The number of amides is 2. The number of carbonyl (C=O) groups is 2. The molecule has 0 N–H and O–H groups in total. The minimum absolute atomic E-state index is 0.0130. The fourth-order valence-electron chi connectivity index (χ4n) is 2.99. The van der Waals surface area contributed by atoms with Gasteiger partial charge in [-0.2, -0.15) is 0 Å². The first-order valence-electron chi connectivity index (χ1n) is 8.59. The monoisotopic (exact) mass is 390 g/mol. The summed E-state index contributed by atoms with van der Waals surface area (Å²) in [5.74, 6) is -1.11. The van der Waals surface area contributed by atoms with Crippen LogP contribution in [0.3, 0.4) is 0 Å². The lowest BCUT2D eigenvalue weighted by atomic mass is 10.2. The molecule has 1 heterocycles. The SMILES string of the molecule is C[C@@H]1S[C@@H](c2ccc(F)cc2)N(CCN(C)C(=O)c2cccc(F)c2)C1=O. The second kappa shape index (κ2) is 8.08. The lowest BCUT2D eigenvalue weighted by Gasteiger charge is -2.27. The van der Waals surface area contributed by atoms with E-state index in [2.05, 4.69) is 0 Å². The number of hydrogen-bond donors (Lipinski definition) is 0. The fraction of sp³-hybridized carbons (Fsp3) is 0.300. The van der Waals surface area contributed by atoms with Crippen LogP contribution in [0.1, 0.15) is 28.2 Å². The van der Waals surface area contributed by atoms with Crippen LogP contribution < -0.4 is 0 Å². The molecular weight excluding hydrogens is 370 g/mol. The molecular formula is C20H20F2N2O2S. The van der Waals surface area contributed by atoms with Gasteiger partial charge in [-0.3, -0.25) is 9.59 Å². The van der Waals surface area contributed by atoms with Crippen molar-refractivity contribution in [3.63, 3.8) is 0 Å². The Bertz CT molecular complexity index is 844. The number of thioether (sulfide) groups is 1. The maximum Gasteiger partial charge on any atom is 0.253 e. The molecule has 3 rings (SSSR count). The van der Waals surface area contributed by atoms with Gasteiger partial charge in [0.15, 0.2) is 0 Å². The molecule has 0 unspecified atom stereocenters. The lowest BCUT2D eigenvalue weighted by Crippen LogP contribution is -2.39. The molecule has 0 aliphatic carbocycles. The van der Waals surface area contributed by atoms with Gasteiger partial charge in [-0.25, -0.2) is 8.78 Å². The lowest BCUT2D eigenvalue weighted by molar-refractivity contribution is -0.129. The molecule has 1 saturated heterocycles. The second-order valence-electron chi connectivity index (χ2n) is 6.45. The second-order valence-corrected chi connectivity index (χ2v) is 7.88. The zero-order valence-corrected chi connectivity index (χ0v) is 15.9. The molecule has 0 saturated carbocycles. The topological polar surface area (TPSA) is 40.6 Å². The highest BCUT2D eigenvalue weighted by Gasteiger charge is 2.38. The minimum Gasteiger partial charge on any atom is -0.340 e. The number of halogens is 2. The van der Waals surface area contributed by atoms with Crippen molar-refractivity contribution in [2.75, 3.05) is 20.1 Å². The first-order chi connectivity index (χ1) is 12.9. The third kappa shape index (κ3) is 4.30. The normalized spacial score (nSPS) is 19.4. The van der Waals surface area contributed by atoms with E-state index in [4.69, 9.17) is 0 Å². The third-order valence-electron chi connectivity index (χ3n) is 4.50. The average molecular weight is 390 g/mol. The predicted molar refractivity (Wildman–Crippen MR) is 101 cm³/mol. The molecule has 0 radical (unpaired) electrons. The van der Waals surface area contributed by atoms with Gasteiger partial charge in [-0.05, 0) is 42.8 Å². The van der Waals surface area contributed by atoms with Crippen molar-refractivity contribution in [2.45, 2.75) is 17.5 Å². The van der Waals surface area contributed by atoms with Crippen molar-refractivity contribution in [3.8, 4) is 0 Å². The van der Waals surface area contributed by atoms with Crippen LogP contribution in [0.4, 0.5) is 8.78 Å². The summed E-state index contributed by atoms with van der Waals surface area (Å²) in [7, 11) is 1.62. The van der Waals surface area contributed by atoms with Crippen molar-refractivity contribution in [1.29, 1.82) is 0 Å². The van der Waals surface area contributed by atoms with Gasteiger partial charge in [0.25, 0.3) is 5.91 Å². The molecule has 2 aromatic carbocycles. The number of hydrogen-bond acceptors (Lipinski definition) is 3. The Labute approximate surface area is 161 Å². The van der Waals surface area contributed by atoms with Gasteiger partial charge in [0, 0.05) is 25.7 Å². The van der Waals surface area contributed by atoms with E-state index >= 15 is 0 Å². The van der Waals surface area contributed by atoms with Crippen molar-refractivity contribution < 1.29 is 18.4 Å². The molecule has 7 heteroatoms. The first kappa shape index (κ1) is 19.4. The largest absolute Gasteiger partial charge is 0.340 e. The zero-order valence-electron chi connectivity index (χ0n) is 15.1. The maximum atomic E-state index is 13.3. The van der Waals surface area contributed by atoms with Gasteiger partial charge in [-0.1, -0.05) is 18.2 Å². The zero-order chi connectivity index (χ0) is 19.6. The van der Waals surface area contributed by atoms with Gasteiger partial charge >= 0.3 is 0 Å². The van der Waals surface area contributed by atoms with E-state index < -0.39 is 5.82 Å². The van der Waals surface area contributed by atoms with Gasteiger partial charge in [0.2, 0.25) is 5.91 Å². The minimum atomic E-state index is -0.467. The number of likely N-dealkylation sites (N-methyl/N-ethyl adjacent to an activating group) is 1. The number of carbonyl (C=O) groups excluding carboxylic acids is 2. The van der Waals surface area contributed by atoms with Crippen LogP contribution in [0, 0.1) is 11.6 Å². The molecule has 1 aliphatic heterocycles. The van der Waals surface area contributed by atoms with Crippen molar-refractivity contribution >= 4 is 23.6 Å². The van der Waals surface area contributed by atoms with E-state index in [9.17, 15) is 18.4 Å². The average Bonchev–Trinajstić information content (AvgIpc) is 2.94. The number of benzene rings is 2. The van der Waals surface area contributed by atoms with Crippen molar-refractivity contribution in [2.24, 2.45) is 0 Å². The Kier molecular flexibility index (Phi) is 5.79. The Hall–Kier alpha value is -2.41. The first-order valence-corrected chi connectivity index (χ1v) is 9.53. The summed E-state index contributed by atoms with van der Waals surface area (Å²) in [5.41, 5.74) is 1.11. The van der Waals surface area contributed by atoms with Crippen molar-refractivity contribution in [1.82, 2.24) is 9.80 Å². The van der Waals surface area contributed by atoms with Gasteiger partial charge in [0.1, 0.15) is 17.0 Å². The van der Waals surface area contributed by atoms with Crippen LogP contribution in [0.5, 0.6) is 0 Å². The Morgan fingerprint density at radius 1 is 1.15 bits per heavy atom. The summed E-state index contributed by atoms with van der Waals surface area (Å²) >= 11 is 1.50. The van der Waals surface area contributed by atoms with E-state index in [1.54, 1.807) is 30.1 Å². The van der Waals surface area contributed by atoms with Crippen LogP contribution >= 0.6 is 11.8 Å². The molecule has 2 atom stereocenters. The molecule has 142 valence electrons. The summed E-state index contributed by atoms with van der Waals surface area (Å²) in [6.07, 6.45) is 0. The molecule has 1 fully saturated rings. The number of rotatable bonds is 5.